The minimum absolute atomic E-state index is 0.108. The SMILES string of the molecule is COc1cc(C)c(Cl)cc1NC(=O)Cn1c(=O)n(CC(=O)NC[C@@H](O)c2ccccc2)c(=O)c2ccccc21. The molecule has 0 spiro atoms. The second-order valence-electron chi connectivity index (χ2n) is 8.86. The average Bonchev–Trinajstić information content (AvgIpc) is 2.94. The number of aliphatic hydroxyl groups excluding tert-OH is 1. The molecular formula is C28H27ClN4O6. The Morgan fingerprint density at radius 1 is 0.974 bits per heavy atom. The number of hydrogen-bond acceptors (Lipinski definition) is 6. The van der Waals surface area contributed by atoms with Gasteiger partial charge in [0.25, 0.3) is 5.56 Å². The zero-order valence-corrected chi connectivity index (χ0v) is 22.1. The van der Waals surface area contributed by atoms with Gasteiger partial charge in [-0.2, -0.15) is 0 Å². The van der Waals surface area contributed by atoms with Crippen LogP contribution in [0, 0.1) is 6.92 Å². The number of aromatic nitrogens is 2. The van der Waals surface area contributed by atoms with Crippen molar-refractivity contribution in [1.29, 1.82) is 0 Å². The lowest BCUT2D eigenvalue weighted by Crippen LogP contribution is -2.45. The van der Waals surface area contributed by atoms with Crippen LogP contribution in [0.25, 0.3) is 10.9 Å². The number of hydrogen-bond donors (Lipinski definition) is 3. The molecule has 0 saturated carbocycles. The molecule has 1 heterocycles. The number of fused-ring (bicyclic) bond motifs is 1. The van der Waals surface area contributed by atoms with E-state index in [0.29, 0.717) is 22.0 Å². The van der Waals surface area contributed by atoms with Crippen LogP contribution in [0.15, 0.2) is 76.3 Å². The summed E-state index contributed by atoms with van der Waals surface area (Å²) in [5.74, 6) is -0.822. The highest BCUT2D eigenvalue weighted by atomic mass is 35.5. The predicted molar refractivity (Wildman–Crippen MR) is 148 cm³/mol. The molecule has 11 heteroatoms. The summed E-state index contributed by atoms with van der Waals surface area (Å²) < 4.78 is 7.22. The number of nitrogens with one attached hydrogen (secondary N) is 2. The van der Waals surface area contributed by atoms with E-state index in [4.69, 9.17) is 16.3 Å². The van der Waals surface area contributed by atoms with Gasteiger partial charge in [0.1, 0.15) is 18.8 Å². The number of nitrogens with zero attached hydrogens (tertiary/aromatic N) is 2. The van der Waals surface area contributed by atoms with Crippen molar-refractivity contribution in [2.45, 2.75) is 26.1 Å². The first-order valence-corrected chi connectivity index (χ1v) is 12.4. The fraction of sp³-hybridized carbons (Fsp3) is 0.214. The van der Waals surface area contributed by atoms with Crippen molar-refractivity contribution in [3.8, 4) is 5.75 Å². The number of benzene rings is 3. The maximum absolute atomic E-state index is 13.4. The first kappa shape index (κ1) is 27.6. The van der Waals surface area contributed by atoms with Gasteiger partial charge in [0.2, 0.25) is 11.8 Å². The van der Waals surface area contributed by atoms with Crippen molar-refractivity contribution >= 4 is 40.0 Å². The van der Waals surface area contributed by atoms with Gasteiger partial charge < -0.3 is 20.5 Å². The molecule has 10 nitrogen and oxygen atoms in total. The van der Waals surface area contributed by atoms with Gasteiger partial charge in [0.05, 0.1) is 29.8 Å². The second kappa shape index (κ2) is 12.0. The molecule has 202 valence electrons. The number of rotatable bonds is 9. The molecule has 0 aliphatic rings. The van der Waals surface area contributed by atoms with Crippen LogP contribution < -0.4 is 26.6 Å². The summed E-state index contributed by atoms with van der Waals surface area (Å²) in [6.45, 7) is 0.655. The average molecular weight is 551 g/mol. The smallest absolute Gasteiger partial charge is 0.332 e. The summed E-state index contributed by atoms with van der Waals surface area (Å²) in [6, 6.07) is 18.3. The van der Waals surface area contributed by atoms with E-state index in [2.05, 4.69) is 10.6 Å². The Balaban J connectivity index is 1.59. The van der Waals surface area contributed by atoms with Crippen molar-refractivity contribution in [2.24, 2.45) is 0 Å². The Kier molecular flexibility index (Phi) is 8.48. The lowest BCUT2D eigenvalue weighted by Gasteiger charge is -2.16. The van der Waals surface area contributed by atoms with Crippen LogP contribution in [0.3, 0.4) is 0 Å². The largest absolute Gasteiger partial charge is 0.495 e. The molecule has 3 aromatic carbocycles. The molecule has 1 atom stereocenters. The summed E-state index contributed by atoms with van der Waals surface area (Å²) in [6.07, 6.45) is -0.962. The van der Waals surface area contributed by atoms with E-state index in [9.17, 15) is 24.3 Å². The number of halogens is 1. The minimum atomic E-state index is -0.962. The normalized spacial score (nSPS) is 11.7. The Labute approximate surface area is 228 Å². The molecule has 0 aliphatic heterocycles. The van der Waals surface area contributed by atoms with Gasteiger partial charge in [-0.1, -0.05) is 54.1 Å². The van der Waals surface area contributed by atoms with E-state index in [1.165, 1.54) is 13.2 Å². The van der Waals surface area contributed by atoms with E-state index in [0.717, 1.165) is 14.7 Å². The standard InChI is InChI=1S/C28H27ClN4O6/c1-17-12-24(39-2)21(13-20(17)29)31-26(36)16-32-22-11-7-6-10-19(22)27(37)33(28(32)38)15-25(35)30-14-23(34)18-8-4-3-5-9-18/h3-13,23,34H,14-16H2,1-2H3,(H,30,35)(H,31,36)/t23-/m1/s1. The predicted octanol–water partition coefficient (Wildman–Crippen LogP) is 2.62. The lowest BCUT2D eigenvalue weighted by atomic mass is 10.1. The van der Waals surface area contributed by atoms with E-state index in [1.54, 1.807) is 67.6 Å². The summed E-state index contributed by atoms with van der Waals surface area (Å²) in [5, 5.41) is 16.1. The van der Waals surface area contributed by atoms with Crippen molar-refractivity contribution < 1.29 is 19.4 Å². The van der Waals surface area contributed by atoms with E-state index < -0.39 is 42.3 Å². The van der Waals surface area contributed by atoms with Crippen LogP contribution >= 0.6 is 11.6 Å². The van der Waals surface area contributed by atoms with Gasteiger partial charge in [-0.25, -0.2) is 4.79 Å². The molecule has 0 fully saturated rings. The molecule has 4 rings (SSSR count). The van der Waals surface area contributed by atoms with E-state index in [-0.39, 0.29) is 17.4 Å². The van der Waals surface area contributed by atoms with Gasteiger partial charge in [-0.05, 0) is 42.3 Å². The number of aliphatic hydroxyl groups is 1. The maximum Gasteiger partial charge on any atom is 0.332 e. The number of anilines is 1. The Morgan fingerprint density at radius 2 is 1.64 bits per heavy atom. The third kappa shape index (κ3) is 6.19. The molecule has 3 N–H and O–H groups in total. The van der Waals surface area contributed by atoms with Crippen LogP contribution in [-0.4, -0.2) is 39.7 Å². The first-order valence-electron chi connectivity index (χ1n) is 12.1. The van der Waals surface area contributed by atoms with Crippen LogP contribution in [0.4, 0.5) is 5.69 Å². The summed E-state index contributed by atoms with van der Waals surface area (Å²) >= 11 is 6.20. The van der Waals surface area contributed by atoms with Crippen molar-refractivity contribution in [1.82, 2.24) is 14.5 Å². The molecular weight excluding hydrogens is 524 g/mol. The van der Waals surface area contributed by atoms with Crippen molar-refractivity contribution in [3.05, 3.63) is 104 Å². The highest BCUT2D eigenvalue weighted by molar-refractivity contribution is 6.31. The highest BCUT2D eigenvalue weighted by Crippen LogP contribution is 2.30. The van der Waals surface area contributed by atoms with E-state index in [1.807, 2.05) is 0 Å². The third-order valence-electron chi connectivity index (χ3n) is 6.17. The number of aryl methyl sites for hydroxylation is 1. The lowest BCUT2D eigenvalue weighted by molar-refractivity contribution is -0.122. The number of ether oxygens (including phenoxy) is 1. The topological polar surface area (TPSA) is 132 Å². The van der Waals surface area contributed by atoms with Crippen LogP contribution in [-0.2, 0) is 22.7 Å². The molecule has 0 radical (unpaired) electrons. The van der Waals surface area contributed by atoms with Gasteiger partial charge in [0.15, 0.2) is 0 Å². The van der Waals surface area contributed by atoms with E-state index >= 15 is 0 Å². The molecule has 0 unspecified atom stereocenters. The fourth-order valence-corrected chi connectivity index (χ4v) is 4.28. The Bertz CT molecular complexity index is 1650. The summed E-state index contributed by atoms with van der Waals surface area (Å²) in [5.41, 5.74) is 0.434. The Hall–Kier alpha value is -4.41. The monoisotopic (exact) mass is 550 g/mol. The molecule has 1 aromatic heterocycles. The number of carbonyl (C=O) groups excluding carboxylic acids is 2. The maximum atomic E-state index is 13.4. The number of methoxy groups -OCH3 is 1. The summed E-state index contributed by atoms with van der Waals surface area (Å²) in [7, 11) is 1.45. The molecule has 0 saturated heterocycles. The minimum Gasteiger partial charge on any atom is -0.495 e. The second-order valence-corrected chi connectivity index (χ2v) is 9.26. The summed E-state index contributed by atoms with van der Waals surface area (Å²) in [4.78, 5) is 52.2. The highest BCUT2D eigenvalue weighted by Gasteiger charge is 2.19. The zero-order valence-electron chi connectivity index (χ0n) is 21.3. The van der Waals surface area contributed by atoms with Crippen LogP contribution in [0.2, 0.25) is 5.02 Å². The molecule has 2 amide bonds. The van der Waals surface area contributed by atoms with Gasteiger partial charge in [-0.3, -0.25) is 23.5 Å². The molecule has 4 aromatic rings. The fourth-order valence-electron chi connectivity index (χ4n) is 4.12. The molecule has 0 bridgehead atoms. The number of amides is 2. The van der Waals surface area contributed by atoms with Gasteiger partial charge in [-0.15, -0.1) is 0 Å². The van der Waals surface area contributed by atoms with Crippen LogP contribution in [0.1, 0.15) is 17.2 Å². The van der Waals surface area contributed by atoms with Gasteiger partial charge >= 0.3 is 5.69 Å². The first-order chi connectivity index (χ1) is 18.7. The quantitative estimate of drug-likeness (QED) is 0.293. The number of para-hydroxylation sites is 1. The van der Waals surface area contributed by atoms with Gasteiger partial charge in [0, 0.05) is 11.6 Å². The van der Waals surface area contributed by atoms with Crippen molar-refractivity contribution in [2.75, 3.05) is 19.0 Å². The zero-order chi connectivity index (χ0) is 28.1. The Morgan fingerprint density at radius 3 is 2.36 bits per heavy atom. The molecule has 39 heavy (non-hydrogen) atoms. The molecule has 0 aliphatic carbocycles. The van der Waals surface area contributed by atoms with Crippen molar-refractivity contribution in [3.63, 3.8) is 0 Å². The van der Waals surface area contributed by atoms with Crippen LogP contribution in [0.5, 0.6) is 5.75 Å². The third-order valence-corrected chi connectivity index (χ3v) is 6.57. The number of carbonyl (C=O) groups is 2.